The van der Waals surface area contributed by atoms with Crippen LogP contribution in [-0.4, -0.2) is 39.8 Å². The molecule has 0 radical (unpaired) electrons. The third-order valence-corrected chi connectivity index (χ3v) is 7.58. The van der Waals surface area contributed by atoms with Gasteiger partial charge in [0.1, 0.15) is 15.6 Å². The number of methoxy groups -OCH3 is 2. The minimum absolute atomic E-state index is 0.0110. The van der Waals surface area contributed by atoms with Crippen molar-refractivity contribution in [2.45, 2.75) is 4.90 Å². The second-order valence-corrected chi connectivity index (χ2v) is 9.41. The van der Waals surface area contributed by atoms with Crippen LogP contribution in [0.4, 0.5) is 10.1 Å². The van der Waals surface area contributed by atoms with Crippen molar-refractivity contribution in [3.8, 4) is 33.7 Å². The molecular formula is C21H18FN3O5S2. The normalized spacial score (nSPS) is 11.4. The van der Waals surface area contributed by atoms with E-state index in [1.54, 1.807) is 23.6 Å². The number of ether oxygens (including phenoxy) is 2. The third kappa shape index (κ3) is 3.92. The maximum Gasteiger partial charge on any atom is 0.269 e. The van der Waals surface area contributed by atoms with Crippen LogP contribution in [0.3, 0.4) is 0 Å². The quantitative estimate of drug-likeness (QED) is 0.390. The smallest absolute Gasteiger partial charge is 0.269 e. The molecule has 0 saturated carbocycles. The average Bonchev–Trinajstić information content (AvgIpc) is 3.48. The molecule has 4 aromatic rings. The van der Waals surface area contributed by atoms with Gasteiger partial charge in [-0.2, -0.15) is 4.98 Å². The van der Waals surface area contributed by atoms with Gasteiger partial charge in [-0.3, -0.25) is 4.31 Å². The predicted molar refractivity (Wildman–Crippen MR) is 118 cm³/mol. The highest BCUT2D eigenvalue weighted by Crippen LogP contribution is 2.36. The first-order chi connectivity index (χ1) is 15.3. The van der Waals surface area contributed by atoms with Crippen molar-refractivity contribution in [3.63, 3.8) is 0 Å². The molecule has 0 fully saturated rings. The van der Waals surface area contributed by atoms with Crippen molar-refractivity contribution >= 4 is 27.0 Å². The molecule has 0 saturated heterocycles. The molecule has 4 rings (SSSR count). The average molecular weight is 476 g/mol. The molecule has 0 atom stereocenters. The summed E-state index contributed by atoms with van der Waals surface area (Å²) in [7, 11) is 0.488. The number of rotatable bonds is 7. The first-order valence-corrected chi connectivity index (χ1v) is 11.6. The van der Waals surface area contributed by atoms with E-state index in [4.69, 9.17) is 14.0 Å². The van der Waals surface area contributed by atoms with Crippen molar-refractivity contribution in [1.29, 1.82) is 0 Å². The van der Waals surface area contributed by atoms with Gasteiger partial charge in [-0.15, -0.1) is 11.3 Å². The van der Waals surface area contributed by atoms with Gasteiger partial charge in [-0.25, -0.2) is 12.8 Å². The number of hydrogen-bond acceptors (Lipinski definition) is 8. The lowest BCUT2D eigenvalue weighted by molar-refractivity contribution is 0.355. The lowest BCUT2D eigenvalue weighted by Gasteiger charge is -2.19. The first-order valence-electron chi connectivity index (χ1n) is 9.23. The maximum atomic E-state index is 13.2. The van der Waals surface area contributed by atoms with E-state index in [0.29, 0.717) is 27.6 Å². The molecule has 0 aliphatic rings. The molecule has 0 spiro atoms. The minimum atomic E-state index is -3.96. The van der Waals surface area contributed by atoms with E-state index in [9.17, 15) is 12.8 Å². The predicted octanol–water partition coefficient (Wildman–Crippen LogP) is 4.45. The number of hydrogen-bond donors (Lipinski definition) is 0. The zero-order chi connectivity index (χ0) is 22.9. The zero-order valence-corrected chi connectivity index (χ0v) is 18.9. The Morgan fingerprint density at radius 1 is 1.03 bits per heavy atom. The zero-order valence-electron chi connectivity index (χ0n) is 17.3. The van der Waals surface area contributed by atoms with E-state index >= 15 is 0 Å². The Kier molecular flexibility index (Phi) is 5.85. The van der Waals surface area contributed by atoms with Crippen molar-refractivity contribution in [2.24, 2.45) is 0 Å². The summed E-state index contributed by atoms with van der Waals surface area (Å²) in [5.74, 6) is 0.928. The summed E-state index contributed by atoms with van der Waals surface area (Å²) < 4.78 is 56.7. The summed E-state index contributed by atoms with van der Waals surface area (Å²) in [5, 5.41) is 5.61. The van der Waals surface area contributed by atoms with Crippen LogP contribution in [-0.2, 0) is 10.0 Å². The van der Waals surface area contributed by atoms with Gasteiger partial charge in [0.05, 0.1) is 19.9 Å². The van der Waals surface area contributed by atoms with Crippen LogP contribution in [0.15, 0.2) is 63.3 Å². The standard InChI is InChI=1S/C21H18FN3O5S2/c1-25(15-7-5-14(22)6-8-15)32(26,27)18-10-11-31-19(18)21-23-20(24-30-21)13-4-9-16(28-2)17(12-13)29-3/h4-12H,1-3H3. The molecule has 11 heteroatoms. The second kappa shape index (κ2) is 8.60. The molecule has 0 amide bonds. The maximum absolute atomic E-state index is 13.2. The van der Waals surface area contributed by atoms with Gasteiger partial charge in [0, 0.05) is 12.6 Å². The Morgan fingerprint density at radius 3 is 2.44 bits per heavy atom. The second-order valence-electron chi connectivity index (χ2n) is 6.56. The monoisotopic (exact) mass is 475 g/mol. The van der Waals surface area contributed by atoms with Crippen LogP contribution in [0.25, 0.3) is 22.2 Å². The van der Waals surface area contributed by atoms with Crippen molar-refractivity contribution < 1.29 is 26.8 Å². The molecule has 166 valence electrons. The molecule has 2 aromatic carbocycles. The van der Waals surface area contributed by atoms with Crippen LogP contribution in [0.1, 0.15) is 0 Å². The van der Waals surface area contributed by atoms with E-state index in [1.165, 1.54) is 51.6 Å². The fraction of sp³-hybridized carbons (Fsp3) is 0.143. The van der Waals surface area contributed by atoms with Gasteiger partial charge in [0.2, 0.25) is 5.82 Å². The fourth-order valence-electron chi connectivity index (χ4n) is 3.00. The molecule has 2 aromatic heterocycles. The Morgan fingerprint density at radius 2 is 1.75 bits per heavy atom. The van der Waals surface area contributed by atoms with Gasteiger partial charge in [-0.05, 0) is 53.9 Å². The lowest BCUT2D eigenvalue weighted by Crippen LogP contribution is -2.26. The molecular weight excluding hydrogens is 457 g/mol. The third-order valence-electron chi connectivity index (χ3n) is 4.72. The van der Waals surface area contributed by atoms with Gasteiger partial charge in [0.25, 0.3) is 15.9 Å². The van der Waals surface area contributed by atoms with Gasteiger partial charge in [-0.1, -0.05) is 5.16 Å². The van der Waals surface area contributed by atoms with Crippen LogP contribution in [0.2, 0.25) is 0 Å². The number of nitrogens with zero attached hydrogens (tertiary/aromatic N) is 3. The highest BCUT2D eigenvalue weighted by molar-refractivity contribution is 7.93. The molecule has 32 heavy (non-hydrogen) atoms. The molecule has 0 aliphatic carbocycles. The van der Waals surface area contributed by atoms with Gasteiger partial charge < -0.3 is 14.0 Å². The molecule has 2 heterocycles. The number of halogens is 1. The van der Waals surface area contributed by atoms with E-state index in [-0.39, 0.29) is 16.6 Å². The SMILES string of the molecule is COc1ccc(-c2noc(-c3sccc3S(=O)(=O)N(C)c3ccc(F)cc3)n2)cc1OC. The van der Waals surface area contributed by atoms with Crippen LogP contribution in [0, 0.1) is 5.82 Å². The van der Waals surface area contributed by atoms with Gasteiger partial charge >= 0.3 is 0 Å². The Balaban J connectivity index is 1.69. The minimum Gasteiger partial charge on any atom is -0.493 e. The number of anilines is 1. The van der Waals surface area contributed by atoms with E-state index in [2.05, 4.69) is 10.1 Å². The number of sulfonamides is 1. The molecule has 0 unspecified atom stereocenters. The number of aromatic nitrogens is 2. The van der Waals surface area contributed by atoms with Crippen molar-refractivity contribution in [3.05, 3.63) is 59.7 Å². The Hall–Kier alpha value is -3.44. The largest absolute Gasteiger partial charge is 0.493 e. The van der Waals surface area contributed by atoms with Crippen LogP contribution in [0.5, 0.6) is 11.5 Å². The highest BCUT2D eigenvalue weighted by Gasteiger charge is 2.28. The summed E-state index contributed by atoms with van der Waals surface area (Å²) in [6.45, 7) is 0. The first kappa shape index (κ1) is 21.8. The number of thiophene rings is 1. The van der Waals surface area contributed by atoms with Gasteiger partial charge in [0.15, 0.2) is 11.5 Å². The van der Waals surface area contributed by atoms with Crippen LogP contribution >= 0.6 is 11.3 Å². The fourth-order valence-corrected chi connectivity index (χ4v) is 5.51. The molecule has 0 aliphatic heterocycles. The molecule has 0 N–H and O–H groups in total. The lowest BCUT2D eigenvalue weighted by atomic mass is 10.2. The summed E-state index contributed by atoms with van der Waals surface area (Å²) in [4.78, 5) is 4.69. The van der Waals surface area contributed by atoms with Crippen molar-refractivity contribution in [2.75, 3.05) is 25.6 Å². The Bertz CT molecular complexity index is 1350. The molecule has 8 nitrogen and oxygen atoms in total. The van der Waals surface area contributed by atoms with E-state index in [1.807, 2.05) is 0 Å². The van der Waals surface area contributed by atoms with Crippen LogP contribution < -0.4 is 13.8 Å². The topological polar surface area (TPSA) is 94.8 Å². The van der Waals surface area contributed by atoms with E-state index in [0.717, 1.165) is 15.6 Å². The highest BCUT2D eigenvalue weighted by atomic mass is 32.2. The molecule has 0 bridgehead atoms. The summed E-state index contributed by atoms with van der Waals surface area (Å²) in [5.41, 5.74) is 0.933. The summed E-state index contributed by atoms with van der Waals surface area (Å²) in [6, 6.07) is 11.8. The summed E-state index contributed by atoms with van der Waals surface area (Å²) >= 11 is 1.16. The Labute approximate surface area is 187 Å². The number of benzene rings is 2. The van der Waals surface area contributed by atoms with E-state index < -0.39 is 15.8 Å². The summed E-state index contributed by atoms with van der Waals surface area (Å²) in [6.07, 6.45) is 0. The van der Waals surface area contributed by atoms with Crippen molar-refractivity contribution in [1.82, 2.24) is 10.1 Å².